The maximum Gasteiger partial charge on any atom is 0.166 e. The summed E-state index contributed by atoms with van der Waals surface area (Å²) >= 11 is 5.02. The van der Waals surface area contributed by atoms with Crippen molar-refractivity contribution in [1.29, 1.82) is 0 Å². The second kappa shape index (κ2) is 4.08. The molecule has 1 fully saturated rings. The minimum absolute atomic E-state index is 0.556. The molecular weight excluding hydrogens is 168 g/mol. The lowest BCUT2D eigenvalue weighted by molar-refractivity contribution is 0.131. The topological polar surface area (TPSA) is 24.1 Å². The first kappa shape index (κ1) is 9.78. The predicted molar refractivity (Wildman–Crippen MR) is 56.2 cm³/mol. The SMILES string of the molecule is CCC1(CNC(=S)NC)CCC1. The summed E-state index contributed by atoms with van der Waals surface area (Å²) in [4.78, 5) is 0. The van der Waals surface area contributed by atoms with E-state index in [1.54, 1.807) is 0 Å². The first-order valence-corrected chi connectivity index (χ1v) is 5.09. The van der Waals surface area contributed by atoms with Crippen LogP contribution < -0.4 is 10.6 Å². The highest BCUT2D eigenvalue weighted by Crippen LogP contribution is 2.42. The van der Waals surface area contributed by atoms with Gasteiger partial charge in [-0.25, -0.2) is 0 Å². The fraction of sp³-hybridized carbons (Fsp3) is 0.889. The van der Waals surface area contributed by atoms with E-state index in [0.29, 0.717) is 5.41 Å². The van der Waals surface area contributed by atoms with Gasteiger partial charge in [0.05, 0.1) is 0 Å². The van der Waals surface area contributed by atoms with Gasteiger partial charge in [0.2, 0.25) is 0 Å². The van der Waals surface area contributed by atoms with Crippen molar-refractivity contribution in [3.8, 4) is 0 Å². The molecule has 1 saturated carbocycles. The molecule has 0 aliphatic heterocycles. The lowest BCUT2D eigenvalue weighted by Gasteiger charge is -2.41. The van der Waals surface area contributed by atoms with Crippen LogP contribution >= 0.6 is 12.2 Å². The number of thiocarbonyl (C=S) groups is 1. The highest BCUT2D eigenvalue weighted by Gasteiger charge is 2.34. The molecule has 1 rings (SSSR count). The Morgan fingerprint density at radius 2 is 2.17 bits per heavy atom. The van der Waals surface area contributed by atoms with Crippen molar-refractivity contribution in [3.63, 3.8) is 0 Å². The molecule has 0 atom stereocenters. The van der Waals surface area contributed by atoms with Crippen molar-refractivity contribution >= 4 is 17.3 Å². The lowest BCUT2D eigenvalue weighted by atomic mass is 9.67. The average Bonchev–Trinajstić information content (AvgIpc) is 2.03. The van der Waals surface area contributed by atoms with E-state index in [4.69, 9.17) is 12.2 Å². The van der Waals surface area contributed by atoms with Crippen LogP contribution in [0.3, 0.4) is 0 Å². The third kappa shape index (κ3) is 2.09. The van der Waals surface area contributed by atoms with Crippen LogP contribution in [0.5, 0.6) is 0 Å². The average molecular weight is 186 g/mol. The molecule has 1 aliphatic carbocycles. The van der Waals surface area contributed by atoms with Crippen LogP contribution in [-0.2, 0) is 0 Å². The van der Waals surface area contributed by atoms with E-state index in [1.165, 1.54) is 25.7 Å². The number of hydrogen-bond donors (Lipinski definition) is 2. The summed E-state index contributed by atoms with van der Waals surface area (Å²) in [5.74, 6) is 0. The fourth-order valence-electron chi connectivity index (χ4n) is 1.69. The van der Waals surface area contributed by atoms with Crippen LogP contribution in [0, 0.1) is 5.41 Å². The molecule has 0 heterocycles. The van der Waals surface area contributed by atoms with Crippen molar-refractivity contribution in [1.82, 2.24) is 10.6 Å². The highest BCUT2D eigenvalue weighted by atomic mass is 32.1. The van der Waals surface area contributed by atoms with Crippen molar-refractivity contribution in [2.75, 3.05) is 13.6 Å². The Morgan fingerprint density at radius 1 is 1.50 bits per heavy atom. The normalized spacial score (nSPS) is 19.5. The van der Waals surface area contributed by atoms with Gasteiger partial charge in [-0.15, -0.1) is 0 Å². The van der Waals surface area contributed by atoms with Crippen LogP contribution in [0.1, 0.15) is 32.6 Å². The molecule has 2 N–H and O–H groups in total. The van der Waals surface area contributed by atoms with Crippen molar-refractivity contribution < 1.29 is 0 Å². The van der Waals surface area contributed by atoms with Gasteiger partial charge in [0.25, 0.3) is 0 Å². The molecule has 70 valence electrons. The zero-order valence-electron chi connectivity index (χ0n) is 7.94. The highest BCUT2D eigenvalue weighted by molar-refractivity contribution is 7.80. The summed E-state index contributed by atoms with van der Waals surface area (Å²) in [5.41, 5.74) is 0.556. The van der Waals surface area contributed by atoms with Gasteiger partial charge in [0.15, 0.2) is 5.11 Å². The van der Waals surface area contributed by atoms with Crippen LogP contribution in [0.2, 0.25) is 0 Å². The van der Waals surface area contributed by atoms with Crippen molar-refractivity contribution in [3.05, 3.63) is 0 Å². The van der Waals surface area contributed by atoms with E-state index >= 15 is 0 Å². The molecule has 0 bridgehead atoms. The van der Waals surface area contributed by atoms with E-state index in [2.05, 4.69) is 17.6 Å². The number of nitrogens with one attached hydrogen (secondary N) is 2. The third-order valence-corrected chi connectivity index (χ3v) is 3.36. The molecule has 0 aromatic carbocycles. The second-order valence-electron chi connectivity index (χ2n) is 3.64. The van der Waals surface area contributed by atoms with Crippen molar-refractivity contribution in [2.45, 2.75) is 32.6 Å². The molecule has 3 heteroatoms. The summed E-state index contributed by atoms with van der Waals surface area (Å²) in [6.07, 6.45) is 5.39. The summed E-state index contributed by atoms with van der Waals surface area (Å²) in [6, 6.07) is 0. The molecule has 2 nitrogen and oxygen atoms in total. The Kier molecular flexibility index (Phi) is 3.32. The largest absolute Gasteiger partial charge is 0.366 e. The van der Waals surface area contributed by atoms with E-state index in [0.717, 1.165) is 11.7 Å². The summed E-state index contributed by atoms with van der Waals surface area (Å²) in [5, 5.41) is 6.95. The fourth-order valence-corrected chi connectivity index (χ4v) is 1.76. The minimum Gasteiger partial charge on any atom is -0.366 e. The molecule has 0 unspecified atom stereocenters. The lowest BCUT2D eigenvalue weighted by Crippen LogP contribution is -2.44. The molecule has 0 aromatic heterocycles. The third-order valence-electron chi connectivity index (χ3n) is 3.02. The first-order valence-electron chi connectivity index (χ1n) is 4.68. The van der Waals surface area contributed by atoms with E-state index in [9.17, 15) is 0 Å². The Labute approximate surface area is 80.1 Å². The minimum atomic E-state index is 0.556. The number of rotatable bonds is 3. The van der Waals surface area contributed by atoms with Gasteiger partial charge in [0, 0.05) is 13.6 Å². The van der Waals surface area contributed by atoms with Crippen molar-refractivity contribution in [2.24, 2.45) is 5.41 Å². The molecule has 0 spiro atoms. The smallest absolute Gasteiger partial charge is 0.166 e. The van der Waals surface area contributed by atoms with E-state index in [-0.39, 0.29) is 0 Å². The Morgan fingerprint density at radius 3 is 2.50 bits per heavy atom. The Hall–Kier alpha value is -0.310. The van der Waals surface area contributed by atoms with E-state index in [1.807, 2.05) is 7.05 Å². The maximum absolute atomic E-state index is 5.02. The molecule has 0 amide bonds. The summed E-state index contributed by atoms with van der Waals surface area (Å²) < 4.78 is 0. The van der Waals surface area contributed by atoms with Gasteiger partial charge < -0.3 is 10.6 Å². The van der Waals surface area contributed by atoms with E-state index < -0.39 is 0 Å². The molecule has 1 aliphatic rings. The van der Waals surface area contributed by atoms with Gasteiger partial charge in [-0.1, -0.05) is 13.3 Å². The predicted octanol–water partition coefficient (Wildman–Crippen LogP) is 1.66. The van der Waals surface area contributed by atoms with Crippen LogP contribution in [0.4, 0.5) is 0 Å². The first-order chi connectivity index (χ1) is 5.72. The molecular formula is C9H18N2S. The van der Waals surface area contributed by atoms with Gasteiger partial charge in [-0.05, 0) is 36.9 Å². The molecule has 0 radical (unpaired) electrons. The van der Waals surface area contributed by atoms with Gasteiger partial charge in [-0.3, -0.25) is 0 Å². The molecule has 0 saturated heterocycles. The summed E-state index contributed by atoms with van der Waals surface area (Å²) in [7, 11) is 1.86. The number of hydrogen-bond acceptors (Lipinski definition) is 1. The Bertz CT molecular complexity index is 158. The summed E-state index contributed by atoms with van der Waals surface area (Å²) in [6.45, 7) is 3.31. The zero-order valence-corrected chi connectivity index (χ0v) is 8.76. The second-order valence-corrected chi connectivity index (χ2v) is 4.05. The monoisotopic (exact) mass is 186 g/mol. The standard InChI is InChI=1S/C9H18N2S/c1-3-9(5-4-6-9)7-11-8(12)10-2/h3-7H2,1-2H3,(H2,10,11,12). The maximum atomic E-state index is 5.02. The van der Waals surface area contributed by atoms with Crippen LogP contribution in [0.15, 0.2) is 0 Å². The zero-order chi connectivity index (χ0) is 9.03. The molecule has 0 aromatic rings. The van der Waals surface area contributed by atoms with Gasteiger partial charge >= 0.3 is 0 Å². The van der Waals surface area contributed by atoms with Crippen LogP contribution in [0.25, 0.3) is 0 Å². The Balaban J connectivity index is 2.24. The van der Waals surface area contributed by atoms with Crippen LogP contribution in [-0.4, -0.2) is 18.7 Å². The van der Waals surface area contributed by atoms with Gasteiger partial charge in [0.1, 0.15) is 0 Å². The molecule has 12 heavy (non-hydrogen) atoms. The quantitative estimate of drug-likeness (QED) is 0.656. The van der Waals surface area contributed by atoms with Gasteiger partial charge in [-0.2, -0.15) is 0 Å².